The lowest BCUT2D eigenvalue weighted by Gasteiger charge is -2.00. The Morgan fingerprint density at radius 2 is 2.26 bits per heavy atom. The Balaban J connectivity index is 2.15. The summed E-state index contributed by atoms with van der Waals surface area (Å²) in [5.41, 5.74) is 2.22. The topological polar surface area (TPSA) is 52.2 Å². The van der Waals surface area contributed by atoms with E-state index in [2.05, 4.69) is 16.7 Å². The Morgan fingerprint density at radius 3 is 2.91 bits per heavy atom. The third kappa shape index (κ3) is 3.00. The van der Waals surface area contributed by atoms with Crippen LogP contribution in [0.4, 0.5) is 0 Å². The Kier molecular flexibility index (Phi) is 4.19. The van der Waals surface area contributed by atoms with Crippen molar-refractivity contribution in [1.82, 2.24) is 14.3 Å². The molecule has 0 aliphatic heterocycles. The predicted molar refractivity (Wildman–Crippen MR) is 92.9 cm³/mol. The molecular weight excluding hydrogens is 332 g/mol. The summed E-state index contributed by atoms with van der Waals surface area (Å²) in [5.74, 6) is -0.357. The van der Waals surface area contributed by atoms with Gasteiger partial charge in [0.25, 0.3) is 5.91 Å². The molecule has 0 N–H and O–H groups in total. The number of thiazole rings is 1. The molecule has 0 aliphatic carbocycles. The highest BCUT2D eigenvalue weighted by atomic mass is 35.5. The van der Waals surface area contributed by atoms with Crippen molar-refractivity contribution in [2.24, 2.45) is 12.0 Å². The van der Waals surface area contributed by atoms with E-state index in [1.54, 1.807) is 23.9 Å². The quantitative estimate of drug-likeness (QED) is 0.683. The molecule has 0 bridgehead atoms. The van der Waals surface area contributed by atoms with Crippen LogP contribution in [0.5, 0.6) is 0 Å². The number of aryl methyl sites for hydroxylation is 2. The molecule has 3 aromatic rings. The normalized spacial score (nSPS) is 12.0. The monoisotopic (exact) mass is 346 g/mol. The number of fused-ring (bicyclic) bond motifs is 1. The molecule has 0 radical (unpaired) electrons. The minimum atomic E-state index is -0.357. The summed E-state index contributed by atoms with van der Waals surface area (Å²) in [6.45, 7) is 6.23. The zero-order chi connectivity index (χ0) is 16.6. The van der Waals surface area contributed by atoms with Crippen molar-refractivity contribution < 1.29 is 4.79 Å². The molecule has 5 nitrogen and oxygen atoms in total. The van der Waals surface area contributed by atoms with Crippen molar-refractivity contribution in [3.63, 3.8) is 0 Å². The van der Waals surface area contributed by atoms with Crippen LogP contribution in [0.25, 0.3) is 10.2 Å². The summed E-state index contributed by atoms with van der Waals surface area (Å²) in [5, 5.41) is 4.83. The van der Waals surface area contributed by atoms with Crippen LogP contribution >= 0.6 is 22.9 Å². The number of halogens is 1. The zero-order valence-corrected chi connectivity index (χ0v) is 14.4. The van der Waals surface area contributed by atoms with Crippen molar-refractivity contribution in [1.29, 1.82) is 0 Å². The summed E-state index contributed by atoms with van der Waals surface area (Å²) in [6, 6.07) is 7.35. The molecule has 23 heavy (non-hydrogen) atoms. The third-order valence-corrected chi connectivity index (χ3v) is 4.76. The number of allylic oxidation sites excluding steroid dienone is 1. The van der Waals surface area contributed by atoms with Crippen LogP contribution in [0.1, 0.15) is 16.2 Å². The second-order valence-electron chi connectivity index (χ2n) is 5.11. The first-order valence-electron chi connectivity index (χ1n) is 6.99. The van der Waals surface area contributed by atoms with E-state index in [1.165, 1.54) is 11.3 Å². The van der Waals surface area contributed by atoms with Gasteiger partial charge in [-0.15, -0.1) is 6.58 Å². The van der Waals surface area contributed by atoms with E-state index in [1.807, 2.05) is 29.7 Å². The molecule has 0 saturated carbocycles. The van der Waals surface area contributed by atoms with E-state index in [0.29, 0.717) is 22.1 Å². The van der Waals surface area contributed by atoms with Crippen LogP contribution in [0, 0.1) is 6.92 Å². The van der Waals surface area contributed by atoms with Gasteiger partial charge in [-0.05, 0) is 31.2 Å². The van der Waals surface area contributed by atoms with Gasteiger partial charge in [0.2, 0.25) is 0 Å². The number of amides is 1. The lowest BCUT2D eigenvalue weighted by molar-refractivity contribution is 0.0992. The second-order valence-corrected chi connectivity index (χ2v) is 6.55. The Hall–Kier alpha value is -2.18. The lowest BCUT2D eigenvalue weighted by atomic mass is 10.3. The minimum absolute atomic E-state index is 0.339. The van der Waals surface area contributed by atoms with E-state index < -0.39 is 0 Å². The molecule has 118 valence electrons. The first kappa shape index (κ1) is 15.7. The molecule has 2 aromatic heterocycles. The maximum atomic E-state index is 12.4. The number of hydrogen-bond donors (Lipinski definition) is 0. The summed E-state index contributed by atoms with van der Waals surface area (Å²) in [7, 11) is 1.80. The fourth-order valence-corrected chi connectivity index (χ4v) is 3.56. The lowest BCUT2D eigenvalue weighted by Crippen LogP contribution is -2.16. The van der Waals surface area contributed by atoms with E-state index in [4.69, 9.17) is 11.6 Å². The zero-order valence-electron chi connectivity index (χ0n) is 12.8. The average Bonchev–Trinajstić information content (AvgIpc) is 3.00. The number of carbonyl (C=O) groups excluding carboxylic acids is 1. The molecular formula is C16H15ClN4OS. The molecule has 7 heteroatoms. The van der Waals surface area contributed by atoms with E-state index in [-0.39, 0.29) is 5.91 Å². The SMILES string of the molecule is C=CCn1c(=NC(=O)c2cc(C)n(C)n2)sc2cc(Cl)ccc21. The number of carbonyl (C=O) groups is 1. The number of benzene rings is 1. The maximum absolute atomic E-state index is 12.4. The van der Waals surface area contributed by atoms with Crippen LogP contribution in [-0.4, -0.2) is 20.3 Å². The largest absolute Gasteiger partial charge is 0.312 e. The van der Waals surface area contributed by atoms with Gasteiger partial charge in [-0.2, -0.15) is 10.1 Å². The van der Waals surface area contributed by atoms with Gasteiger partial charge in [-0.1, -0.05) is 29.0 Å². The fourth-order valence-electron chi connectivity index (χ4n) is 2.25. The van der Waals surface area contributed by atoms with Gasteiger partial charge in [0.1, 0.15) is 0 Å². The maximum Gasteiger partial charge on any atom is 0.300 e. The van der Waals surface area contributed by atoms with Gasteiger partial charge >= 0.3 is 0 Å². The molecule has 0 spiro atoms. The van der Waals surface area contributed by atoms with Crippen LogP contribution in [0.2, 0.25) is 5.02 Å². The smallest absolute Gasteiger partial charge is 0.300 e. The van der Waals surface area contributed by atoms with Crippen molar-refractivity contribution in [2.75, 3.05) is 0 Å². The van der Waals surface area contributed by atoms with Crippen molar-refractivity contribution in [3.05, 3.63) is 58.1 Å². The van der Waals surface area contributed by atoms with E-state index in [9.17, 15) is 4.79 Å². The number of hydrogen-bond acceptors (Lipinski definition) is 3. The first-order valence-corrected chi connectivity index (χ1v) is 8.18. The van der Waals surface area contributed by atoms with E-state index in [0.717, 1.165) is 15.9 Å². The summed E-state index contributed by atoms with van der Waals surface area (Å²) >= 11 is 7.47. The predicted octanol–water partition coefficient (Wildman–Crippen LogP) is 3.33. The summed E-state index contributed by atoms with van der Waals surface area (Å²) in [6.07, 6.45) is 1.77. The van der Waals surface area contributed by atoms with E-state index >= 15 is 0 Å². The molecule has 0 atom stereocenters. The van der Waals surface area contributed by atoms with Gasteiger partial charge in [0, 0.05) is 24.3 Å². The van der Waals surface area contributed by atoms with Crippen molar-refractivity contribution in [2.45, 2.75) is 13.5 Å². The highest BCUT2D eigenvalue weighted by Crippen LogP contribution is 2.22. The minimum Gasteiger partial charge on any atom is -0.312 e. The van der Waals surface area contributed by atoms with Crippen LogP contribution in [0.15, 0.2) is 41.9 Å². The van der Waals surface area contributed by atoms with Crippen molar-refractivity contribution >= 4 is 39.1 Å². The third-order valence-electron chi connectivity index (χ3n) is 3.49. The van der Waals surface area contributed by atoms with Crippen LogP contribution in [0.3, 0.4) is 0 Å². The number of aromatic nitrogens is 3. The van der Waals surface area contributed by atoms with Gasteiger partial charge in [0.05, 0.1) is 10.2 Å². The Morgan fingerprint density at radius 1 is 1.48 bits per heavy atom. The molecule has 0 saturated heterocycles. The second kappa shape index (κ2) is 6.14. The van der Waals surface area contributed by atoms with Crippen molar-refractivity contribution in [3.8, 4) is 0 Å². The molecule has 3 rings (SSSR count). The van der Waals surface area contributed by atoms with Gasteiger partial charge in [0.15, 0.2) is 10.5 Å². The highest BCUT2D eigenvalue weighted by Gasteiger charge is 2.12. The average molecular weight is 347 g/mol. The molecule has 1 amide bonds. The highest BCUT2D eigenvalue weighted by molar-refractivity contribution is 7.16. The van der Waals surface area contributed by atoms with Crippen LogP contribution in [-0.2, 0) is 13.6 Å². The summed E-state index contributed by atoms with van der Waals surface area (Å²) in [4.78, 5) is 17.2. The van der Waals surface area contributed by atoms with Gasteiger partial charge in [-0.25, -0.2) is 0 Å². The molecule has 0 aliphatic rings. The molecule has 0 unspecified atom stereocenters. The summed E-state index contributed by atoms with van der Waals surface area (Å²) < 4.78 is 4.57. The Bertz CT molecular complexity index is 960. The van der Waals surface area contributed by atoms with Gasteiger partial charge in [-0.3, -0.25) is 9.48 Å². The van der Waals surface area contributed by atoms with Gasteiger partial charge < -0.3 is 4.57 Å². The molecule has 1 aromatic carbocycles. The van der Waals surface area contributed by atoms with Crippen LogP contribution < -0.4 is 4.80 Å². The fraction of sp³-hybridized carbons (Fsp3) is 0.188. The number of nitrogens with zero attached hydrogens (tertiary/aromatic N) is 4. The standard InChI is InChI=1S/C16H15ClN4OS/c1-4-7-21-13-6-5-11(17)9-14(13)23-16(21)18-15(22)12-8-10(2)20(3)19-12/h4-6,8-9H,1,7H2,2-3H3. The molecule has 0 fully saturated rings. The molecule has 2 heterocycles. The first-order chi connectivity index (χ1) is 11.0. The Labute approximate surface area is 142 Å². The number of rotatable bonds is 3.